The van der Waals surface area contributed by atoms with Gasteiger partial charge in [0.15, 0.2) is 5.13 Å². The van der Waals surface area contributed by atoms with Crippen molar-refractivity contribution in [2.24, 2.45) is 0 Å². The molecule has 0 aliphatic rings. The van der Waals surface area contributed by atoms with Crippen LogP contribution in [0.5, 0.6) is 0 Å². The van der Waals surface area contributed by atoms with Gasteiger partial charge in [-0.3, -0.25) is 20.2 Å². The first-order valence-electron chi connectivity index (χ1n) is 6.15. The first-order valence-corrected chi connectivity index (χ1v) is 7.35. The number of carbonyl (C=O) groups excluding carboxylic acids is 1. The fourth-order valence-electron chi connectivity index (χ4n) is 1.89. The van der Waals surface area contributed by atoms with Crippen LogP contribution in [-0.2, 0) is 0 Å². The zero-order valence-electron chi connectivity index (χ0n) is 10.9. The van der Waals surface area contributed by atoms with E-state index < -0.39 is 4.92 Å². The number of nitro groups is 1. The van der Waals surface area contributed by atoms with Crippen LogP contribution in [0.15, 0.2) is 42.5 Å². The molecular weight excluding hydrogens is 326 g/mol. The third kappa shape index (κ3) is 2.76. The minimum Gasteiger partial charge on any atom is -0.298 e. The van der Waals surface area contributed by atoms with Crippen molar-refractivity contribution in [3.8, 4) is 0 Å². The molecule has 0 aliphatic heterocycles. The van der Waals surface area contributed by atoms with Gasteiger partial charge in [0, 0.05) is 12.1 Å². The molecule has 1 heterocycles. The Kier molecular flexibility index (Phi) is 3.74. The van der Waals surface area contributed by atoms with Gasteiger partial charge in [0.1, 0.15) is 0 Å². The second-order valence-electron chi connectivity index (χ2n) is 4.36. The van der Waals surface area contributed by atoms with Crippen molar-refractivity contribution in [3.63, 3.8) is 0 Å². The van der Waals surface area contributed by atoms with E-state index in [0.717, 1.165) is 4.70 Å². The zero-order valence-corrected chi connectivity index (χ0v) is 12.5. The van der Waals surface area contributed by atoms with Crippen molar-refractivity contribution in [1.29, 1.82) is 0 Å². The molecule has 0 atom stereocenters. The van der Waals surface area contributed by atoms with Gasteiger partial charge in [-0.15, -0.1) is 0 Å². The lowest BCUT2D eigenvalue weighted by Crippen LogP contribution is -2.11. The van der Waals surface area contributed by atoms with Crippen molar-refractivity contribution in [3.05, 3.63) is 63.2 Å². The first kappa shape index (κ1) is 14.4. The molecule has 0 bridgehead atoms. The third-order valence-corrected chi connectivity index (χ3v) is 4.20. The molecule has 1 aromatic heterocycles. The van der Waals surface area contributed by atoms with Gasteiger partial charge in [0.2, 0.25) is 0 Å². The summed E-state index contributed by atoms with van der Waals surface area (Å²) in [4.78, 5) is 26.6. The Hall–Kier alpha value is -2.51. The number of benzene rings is 2. The summed E-state index contributed by atoms with van der Waals surface area (Å²) in [6, 6.07) is 11.1. The molecule has 2 aromatic carbocycles. The second kappa shape index (κ2) is 5.70. The standard InChI is InChI=1S/C14H8ClN3O3S/c15-10-4-2-1-3-9(10)13(19)17-14-16-11-7-8(18(20)21)5-6-12(11)22-14/h1-7H,(H,16,17,19). The number of hydrogen-bond acceptors (Lipinski definition) is 5. The Morgan fingerprint density at radius 1 is 1.27 bits per heavy atom. The molecule has 0 aliphatic carbocycles. The number of non-ortho nitro benzene ring substituents is 1. The number of nitrogens with one attached hydrogen (secondary N) is 1. The number of rotatable bonds is 3. The highest BCUT2D eigenvalue weighted by Crippen LogP contribution is 2.29. The highest BCUT2D eigenvalue weighted by molar-refractivity contribution is 7.22. The lowest BCUT2D eigenvalue weighted by Gasteiger charge is -2.02. The van der Waals surface area contributed by atoms with Crippen molar-refractivity contribution in [1.82, 2.24) is 4.98 Å². The van der Waals surface area contributed by atoms with E-state index in [1.165, 1.54) is 23.5 Å². The first-order chi connectivity index (χ1) is 10.5. The number of anilines is 1. The summed E-state index contributed by atoms with van der Waals surface area (Å²) in [5, 5.41) is 14.1. The average Bonchev–Trinajstić information content (AvgIpc) is 2.88. The fraction of sp³-hybridized carbons (Fsp3) is 0. The smallest absolute Gasteiger partial charge is 0.271 e. The molecule has 0 saturated heterocycles. The third-order valence-electron chi connectivity index (χ3n) is 2.92. The van der Waals surface area contributed by atoms with Gasteiger partial charge in [-0.05, 0) is 18.2 Å². The van der Waals surface area contributed by atoms with E-state index in [9.17, 15) is 14.9 Å². The molecule has 0 spiro atoms. The molecule has 0 radical (unpaired) electrons. The van der Waals surface area contributed by atoms with Crippen LogP contribution in [0.25, 0.3) is 10.2 Å². The highest BCUT2D eigenvalue weighted by Gasteiger charge is 2.14. The number of fused-ring (bicyclic) bond motifs is 1. The Labute approximate surface area is 133 Å². The van der Waals surface area contributed by atoms with Crippen LogP contribution in [0.2, 0.25) is 5.02 Å². The molecule has 110 valence electrons. The zero-order chi connectivity index (χ0) is 15.7. The molecule has 3 aromatic rings. The fourth-order valence-corrected chi connectivity index (χ4v) is 2.96. The van der Waals surface area contributed by atoms with E-state index in [1.54, 1.807) is 30.3 Å². The minimum absolute atomic E-state index is 0.0400. The number of aromatic nitrogens is 1. The maximum atomic E-state index is 12.1. The van der Waals surface area contributed by atoms with Crippen molar-refractivity contribution >= 4 is 49.9 Å². The summed E-state index contributed by atoms with van der Waals surface area (Å²) in [6.07, 6.45) is 0. The van der Waals surface area contributed by atoms with Crippen LogP contribution < -0.4 is 5.32 Å². The Balaban J connectivity index is 1.89. The summed E-state index contributed by atoms with van der Waals surface area (Å²) < 4.78 is 0.750. The quantitative estimate of drug-likeness (QED) is 0.577. The summed E-state index contributed by atoms with van der Waals surface area (Å²) in [5.74, 6) is -0.376. The molecule has 8 heteroatoms. The molecule has 6 nitrogen and oxygen atoms in total. The van der Waals surface area contributed by atoms with E-state index in [-0.39, 0.29) is 11.6 Å². The summed E-state index contributed by atoms with van der Waals surface area (Å²) in [7, 11) is 0. The van der Waals surface area contributed by atoms with Gasteiger partial charge < -0.3 is 0 Å². The van der Waals surface area contributed by atoms with Crippen molar-refractivity contribution in [2.45, 2.75) is 0 Å². The van der Waals surface area contributed by atoms with Crippen LogP contribution in [0.4, 0.5) is 10.8 Å². The number of carbonyl (C=O) groups is 1. The van der Waals surface area contributed by atoms with Crippen LogP contribution >= 0.6 is 22.9 Å². The number of hydrogen-bond donors (Lipinski definition) is 1. The molecule has 22 heavy (non-hydrogen) atoms. The average molecular weight is 334 g/mol. The maximum absolute atomic E-state index is 12.1. The predicted molar refractivity (Wildman–Crippen MR) is 85.7 cm³/mol. The number of halogens is 1. The van der Waals surface area contributed by atoms with Crippen LogP contribution in [-0.4, -0.2) is 15.8 Å². The summed E-state index contributed by atoms with van der Waals surface area (Å²) >= 11 is 7.20. The van der Waals surface area contributed by atoms with E-state index >= 15 is 0 Å². The van der Waals surface area contributed by atoms with Gasteiger partial charge >= 0.3 is 0 Å². The molecule has 0 saturated carbocycles. The van der Waals surface area contributed by atoms with E-state index in [0.29, 0.717) is 21.2 Å². The Morgan fingerprint density at radius 3 is 2.77 bits per heavy atom. The van der Waals surface area contributed by atoms with Crippen molar-refractivity contribution in [2.75, 3.05) is 5.32 Å². The predicted octanol–water partition coefficient (Wildman–Crippen LogP) is 4.11. The number of nitrogens with zero attached hydrogens (tertiary/aromatic N) is 2. The lowest BCUT2D eigenvalue weighted by atomic mass is 10.2. The molecular formula is C14H8ClN3O3S. The lowest BCUT2D eigenvalue weighted by molar-refractivity contribution is -0.384. The van der Waals surface area contributed by atoms with Crippen LogP contribution in [0.1, 0.15) is 10.4 Å². The van der Waals surface area contributed by atoms with E-state index in [4.69, 9.17) is 11.6 Å². The summed E-state index contributed by atoms with van der Waals surface area (Å²) in [6.45, 7) is 0. The van der Waals surface area contributed by atoms with E-state index in [2.05, 4.69) is 10.3 Å². The van der Waals surface area contributed by atoms with Gasteiger partial charge in [-0.25, -0.2) is 4.98 Å². The Bertz CT molecular complexity index is 894. The minimum atomic E-state index is -0.485. The van der Waals surface area contributed by atoms with Gasteiger partial charge in [0.05, 0.1) is 25.7 Å². The molecule has 3 rings (SSSR count). The van der Waals surface area contributed by atoms with Crippen LogP contribution in [0.3, 0.4) is 0 Å². The normalized spacial score (nSPS) is 10.6. The second-order valence-corrected chi connectivity index (χ2v) is 5.80. The number of nitro benzene ring substituents is 1. The van der Waals surface area contributed by atoms with Crippen molar-refractivity contribution < 1.29 is 9.72 Å². The van der Waals surface area contributed by atoms with Gasteiger partial charge in [-0.2, -0.15) is 0 Å². The van der Waals surface area contributed by atoms with E-state index in [1.807, 2.05) is 0 Å². The largest absolute Gasteiger partial charge is 0.298 e. The van der Waals surface area contributed by atoms with Gasteiger partial charge in [-0.1, -0.05) is 35.1 Å². The van der Waals surface area contributed by atoms with Crippen LogP contribution in [0, 0.1) is 10.1 Å². The molecule has 0 unspecified atom stereocenters. The Morgan fingerprint density at radius 2 is 2.05 bits per heavy atom. The molecule has 0 fully saturated rings. The number of amides is 1. The molecule has 1 N–H and O–H groups in total. The van der Waals surface area contributed by atoms with Gasteiger partial charge in [0.25, 0.3) is 11.6 Å². The monoisotopic (exact) mass is 333 g/mol. The highest BCUT2D eigenvalue weighted by atomic mass is 35.5. The SMILES string of the molecule is O=C(Nc1nc2cc([N+](=O)[O-])ccc2s1)c1ccccc1Cl. The maximum Gasteiger partial charge on any atom is 0.271 e. The topological polar surface area (TPSA) is 85.1 Å². The molecule has 1 amide bonds. The summed E-state index contributed by atoms with van der Waals surface area (Å²) in [5.41, 5.74) is 0.768. The number of thiazole rings is 1.